The van der Waals surface area contributed by atoms with Crippen molar-refractivity contribution in [1.29, 1.82) is 0 Å². The molecule has 4 fully saturated rings. The highest BCUT2D eigenvalue weighted by Crippen LogP contribution is 2.60. The molecule has 1 aromatic rings. The van der Waals surface area contributed by atoms with Crippen LogP contribution in [0.3, 0.4) is 0 Å². The number of rotatable bonds is 6. The first-order valence-electron chi connectivity index (χ1n) is 9.58. The Bertz CT molecular complexity index is 716. The molecule has 4 aliphatic rings. The van der Waals surface area contributed by atoms with Crippen molar-refractivity contribution < 1.29 is 28.3 Å². The molecule has 1 heterocycles. The second-order valence-corrected chi connectivity index (χ2v) is 8.30. The van der Waals surface area contributed by atoms with Gasteiger partial charge in [0.25, 0.3) is 0 Å². The summed E-state index contributed by atoms with van der Waals surface area (Å²) in [5.74, 6) is 1.32. The lowest BCUT2D eigenvalue weighted by atomic mass is 9.49. The largest absolute Gasteiger partial charge is 0.463 e. The predicted octanol–water partition coefficient (Wildman–Crippen LogP) is 2.44. The lowest BCUT2D eigenvalue weighted by molar-refractivity contribution is -0.151. The molecule has 146 valence electrons. The number of carbonyl (C=O) groups is 3. The Labute approximate surface area is 157 Å². The van der Waals surface area contributed by atoms with Gasteiger partial charge in [-0.15, -0.1) is 0 Å². The van der Waals surface area contributed by atoms with Gasteiger partial charge in [0.05, 0.1) is 7.11 Å². The van der Waals surface area contributed by atoms with Gasteiger partial charge in [-0.2, -0.15) is 0 Å². The number of hydrogen-bond donors (Lipinski definition) is 1. The molecule has 5 rings (SSSR count). The van der Waals surface area contributed by atoms with Crippen LogP contribution in [-0.4, -0.2) is 31.5 Å². The molecular weight excluding hydrogens is 350 g/mol. The van der Waals surface area contributed by atoms with Gasteiger partial charge in [0.15, 0.2) is 0 Å². The topological polar surface area (TPSA) is 94.8 Å². The number of amides is 1. The Morgan fingerprint density at radius 3 is 2.33 bits per heavy atom. The second-order valence-electron chi connectivity index (χ2n) is 8.30. The van der Waals surface area contributed by atoms with E-state index >= 15 is 0 Å². The van der Waals surface area contributed by atoms with Gasteiger partial charge in [-0.25, -0.2) is 4.79 Å². The zero-order valence-electron chi connectivity index (χ0n) is 15.5. The van der Waals surface area contributed by atoms with Crippen LogP contribution in [0.15, 0.2) is 16.5 Å². The smallest absolute Gasteiger partial charge is 0.373 e. The van der Waals surface area contributed by atoms with Crippen LogP contribution in [0, 0.1) is 23.2 Å². The van der Waals surface area contributed by atoms with Gasteiger partial charge < -0.3 is 19.2 Å². The average Bonchev–Trinajstić information content (AvgIpc) is 3.11. The molecule has 0 spiro atoms. The number of esters is 2. The van der Waals surface area contributed by atoms with Crippen LogP contribution in [0.2, 0.25) is 0 Å². The van der Waals surface area contributed by atoms with Gasteiger partial charge in [-0.3, -0.25) is 9.59 Å². The Balaban J connectivity index is 1.25. The summed E-state index contributed by atoms with van der Waals surface area (Å²) in [6.07, 6.45) is 6.69. The van der Waals surface area contributed by atoms with E-state index in [1.165, 1.54) is 32.4 Å². The molecule has 7 heteroatoms. The van der Waals surface area contributed by atoms with Gasteiger partial charge in [0.2, 0.25) is 11.7 Å². The van der Waals surface area contributed by atoms with Crippen LogP contribution in [0.25, 0.3) is 0 Å². The number of carbonyl (C=O) groups excluding carboxylic acids is 3. The summed E-state index contributed by atoms with van der Waals surface area (Å²) in [6, 6.07) is 3.01. The molecule has 0 aliphatic heterocycles. The van der Waals surface area contributed by atoms with Gasteiger partial charge in [-0.1, -0.05) is 0 Å². The van der Waals surface area contributed by atoms with E-state index in [4.69, 9.17) is 9.15 Å². The molecule has 0 radical (unpaired) electrons. The van der Waals surface area contributed by atoms with Crippen molar-refractivity contribution in [1.82, 2.24) is 5.32 Å². The standard InChI is InChI=1S/C20H25NO6/c1-25-18(23)16-3-2-15(27-16)11-26-17(22)10-21-19(24)20-7-12-4-13(8-20)6-14(5-12)9-20/h2-3,12-14H,4-11H2,1H3,(H,21,24). The SMILES string of the molecule is COC(=O)c1ccc(COC(=O)CNC(=O)C23CC4CC(CC(C4)C2)C3)o1. The normalized spacial score (nSPS) is 30.8. The summed E-state index contributed by atoms with van der Waals surface area (Å²) in [6.45, 7) is -0.242. The maximum atomic E-state index is 12.8. The Hall–Kier alpha value is -2.31. The first-order valence-corrected chi connectivity index (χ1v) is 9.58. The molecule has 4 aliphatic carbocycles. The predicted molar refractivity (Wildman–Crippen MR) is 93.5 cm³/mol. The van der Waals surface area contributed by atoms with Gasteiger partial charge in [-0.05, 0) is 68.4 Å². The van der Waals surface area contributed by atoms with Crippen molar-refractivity contribution >= 4 is 17.8 Å². The fourth-order valence-electron chi connectivity index (χ4n) is 5.60. The zero-order valence-corrected chi connectivity index (χ0v) is 15.5. The fourth-order valence-corrected chi connectivity index (χ4v) is 5.60. The number of nitrogens with one attached hydrogen (secondary N) is 1. The first-order chi connectivity index (χ1) is 13.0. The molecule has 27 heavy (non-hydrogen) atoms. The maximum absolute atomic E-state index is 12.8. The van der Waals surface area contributed by atoms with Crippen LogP contribution in [0.4, 0.5) is 0 Å². The third kappa shape index (κ3) is 3.59. The van der Waals surface area contributed by atoms with E-state index in [0.717, 1.165) is 19.3 Å². The van der Waals surface area contributed by atoms with Crippen molar-refractivity contribution in [3.05, 3.63) is 23.7 Å². The Kier molecular flexibility index (Phi) is 4.70. The molecule has 0 unspecified atom stereocenters. The Morgan fingerprint density at radius 1 is 1.11 bits per heavy atom. The molecule has 4 saturated carbocycles. The van der Waals surface area contributed by atoms with Crippen molar-refractivity contribution in [3.63, 3.8) is 0 Å². The number of furan rings is 1. The lowest BCUT2D eigenvalue weighted by Gasteiger charge is -2.55. The second kappa shape index (κ2) is 7.02. The van der Waals surface area contributed by atoms with E-state index in [9.17, 15) is 14.4 Å². The van der Waals surface area contributed by atoms with Crippen molar-refractivity contribution in [2.24, 2.45) is 23.2 Å². The molecule has 0 atom stereocenters. The van der Waals surface area contributed by atoms with Crippen LogP contribution in [-0.2, 0) is 25.7 Å². The molecule has 1 amide bonds. The summed E-state index contributed by atoms with van der Waals surface area (Å²) < 4.78 is 14.9. The van der Waals surface area contributed by atoms with E-state index in [-0.39, 0.29) is 30.2 Å². The highest BCUT2D eigenvalue weighted by Gasteiger charge is 2.54. The summed E-state index contributed by atoms with van der Waals surface area (Å²) in [7, 11) is 1.26. The van der Waals surface area contributed by atoms with Crippen molar-refractivity contribution in [2.45, 2.75) is 45.1 Å². The minimum absolute atomic E-state index is 0.00419. The molecule has 0 saturated heterocycles. The van der Waals surface area contributed by atoms with E-state index in [1.54, 1.807) is 6.07 Å². The summed E-state index contributed by atoms with van der Waals surface area (Å²) in [4.78, 5) is 36.1. The minimum atomic E-state index is -0.588. The van der Waals surface area contributed by atoms with Crippen molar-refractivity contribution in [3.8, 4) is 0 Å². The third-order valence-corrected chi connectivity index (χ3v) is 6.34. The number of methoxy groups -OCH3 is 1. The maximum Gasteiger partial charge on any atom is 0.373 e. The molecule has 4 bridgehead atoms. The monoisotopic (exact) mass is 375 g/mol. The van der Waals surface area contributed by atoms with E-state index < -0.39 is 11.9 Å². The molecule has 7 nitrogen and oxygen atoms in total. The first kappa shape index (κ1) is 18.1. The molecular formula is C20H25NO6. The van der Waals surface area contributed by atoms with Crippen LogP contribution >= 0.6 is 0 Å². The summed E-state index contributed by atoms with van der Waals surface area (Å²) >= 11 is 0. The summed E-state index contributed by atoms with van der Waals surface area (Å²) in [5.41, 5.74) is -0.272. The summed E-state index contributed by atoms with van der Waals surface area (Å²) in [5, 5.41) is 2.79. The third-order valence-electron chi connectivity index (χ3n) is 6.34. The molecule has 1 N–H and O–H groups in total. The fraction of sp³-hybridized carbons (Fsp3) is 0.650. The minimum Gasteiger partial charge on any atom is -0.463 e. The van der Waals surface area contributed by atoms with Gasteiger partial charge >= 0.3 is 11.9 Å². The number of ether oxygens (including phenoxy) is 2. The zero-order chi connectivity index (χ0) is 19.0. The molecule has 0 aromatic carbocycles. The van der Waals surface area contributed by atoms with E-state index in [1.807, 2.05) is 0 Å². The van der Waals surface area contributed by atoms with Crippen LogP contribution in [0.1, 0.15) is 54.8 Å². The van der Waals surface area contributed by atoms with Gasteiger partial charge in [0, 0.05) is 5.41 Å². The lowest BCUT2D eigenvalue weighted by Crippen LogP contribution is -2.54. The highest BCUT2D eigenvalue weighted by molar-refractivity contribution is 5.87. The average molecular weight is 375 g/mol. The van der Waals surface area contributed by atoms with Crippen LogP contribution in [0.5, 0.6) is 0 Å². The van der Waals surface area contributed by atoms with Gasteiger partial charge in [0.1, 0.15) is 18.9 Å². The van der Waals surface area contributed by atoms with Crippen molar-refractivity contribution in [2.75, 3.05) is 13.7 Å². The number of hydrogen-bond acceptors (Lipinski definition) is 6. The van der Waals surface area contributed by atoms with E-state index in [2.05, 4.69) is 10.1 Å². The Morgan fingerprint density at radius 2 is 1.74 bits per heavy atom. The molecule has 1 aromatic heterocycles. The van der Waals surface area contributed by atoms with Crippen LogP contribution < -0.4 is 5.32 Å². The van der Waals surface area contributed by atoms with E-state index in [0.29, 0.717) is 23.5 Å². The highest BCUT2D eigenvalue weighted by atomic mass is 16.6. The quantitative estimate of drug-likeness (QED) is 0.768.